The second kappa shape index (κ2) is 10.8. The third-order valence-corrected chi connectivity index (χ3v) is 9.72. The summed E-state index contributed by atoms with van der Waals surface area (Å²) in [6.07, 6.45) is 10.9. The second-order valence-electron chi connectivity index (χ2n) is 11.9. The van der Waals surface area contributed by atoms with E-state index in [1.807, 2.05) is 13.0 Å². The number of H-pyrrole nitrogens is 3. The maximum Gasteiger partial charge on any atom is 0.321 e. The number of carbonyl (C=O) groups is 2. The summed E-state index contributed by atoms with van der Waals surface area (Å²) in [5, 5.41) is 5.70. The van der Waals surface area contributed by atoms with Crippen molar-refractivity contribution in [2.45, 2.75) is 53.9 Å². The number of rotatable bonds is 6. The number of allylic oxidation sites excluding steroid dienone is 1. The van der Waals surface area contributed by atoms with E-state index in [9.17, 15) is 9.59 Å². The third-order valence-electron chi connectivity index (χ3n) is 9.72. The summed E-state index contributed by atoms with van der Waals surface area (Å²) in [7, 11) is 1.34. The van der Waals surface area contributed by atoms with Gasteiger partial charge in [0.1, 0.15) is 5.92 Å². The molecule has 1 fully saturated rings. The number of hydrogen-bond acceptors (Lipinski definition) is 5. The maximum absolute atomic E-state index is 14.0. The van der Waals surface area contributed by atoms with E-state index in [1.54, 1.807) is 0 Å². The van der Waals surface area contributed by atoms with Crippen molar-refractivity contribution in [2.75, 3.05) is 13.7 Å². The van der Waals surface area contributed by atoms with Gasteiger partial charge in [0, 0.05) is 74.3 Å². The first-order valence-corrected chi connectivity index (χ1v) is 15.2. The number of aromatic nitrogens is 3. The van der Waals surface area contributed by atoms with Gasteiger partial charge in [0.15, 0.2) is 5.78 Å². The van der Waals surface area contributed by atoms with Gasteiger partial charge in [-0.2, -0.15) is 0 Å². The van der Waals surface area contributed by atoms with Crippen LogP contribution in [0.3, 0.4) is 0 Å². The molecule has 1 aliphatic carbocycles. The lowest BCUT2D eigenvalue weighted by Crippen LogP contribution is -2.25. The van der Waals surface area contributed by atoms with Crippen molar-refractivity contribution in [3.63, 3.8) is 0 Å². The largest absolute Gasteiger partial charge is 0.468 e. The molecule has 3 aromatic rings. The summed E-state index contributed by atoms with van der Waals surface area (Å²) < 4.78 is 5.21. The Balaban J connectivity index is 1.76. The molecule has 0 saturated carbocycles. The number of ketones is 1. The molecule has 43 heavy (non-hydrogen) atoms. The number of methoxy groups -OCH3 is 1. The van der Waals surface area contributed by atoms with E-state index in [4.69, 9.17) is 10.5 Å². The lowest BCUT2D eigenvalue weighted by molar-refractivity contribution is -0.141. The topological polar surface area (TPSA) is 129 Å². The van der Waals surface area contributed by atoms with Crippen LogP contribution in [0.5, 0.6) is 0 Å². The number of hydrogen-bond donors (Lipinski definition) is 5. The summed E-state index contributed by atoms with van der Waals surface area (Å²) in [6.45, 7) is 15.0. The molecule has 0 unspecified atom stereocenters. The van der Waals surface area contributed by atoms with E-state index in [-0.39, 0.29) is 17.6 Å². The van der Waals surface area contributed by atoms with Crippen LogP contribution in [0.15, 0.2) is 18.0 Å². The van der Waals surface area contributed by atoms with E-state index in [1.165, 1.54) is 18.2 Å². The highest BCUT2D eigenvalue weighted by Crippen LogP contribution is 2.48. The fourth-order valence-corrected chi connectivity index (χ4v) is 7.46. The SMILES string of the molecule is C=Cc1c2[nH]c(c1C)/C=C1\N/C(=C3\c4[nH]c(c(C)c4C(=O)[C@@H]3C(=O)OC)/C=c3\[nH]/c(c(C)c3CC)=C\2)[C@@H](CCC)[C@@H]1CN. The predicted molar refractivity (Wildman–Crippen MR) is 171 cm³/mol. The van der Waals surface area contributed by atoms with Crippen LogP contribution in [0, 0.1) is 38.5 Å². The first-order chi connectivity index (χ1) is 20.7. The molecular formula is C35H41N5O3. The van der Waals surface area contributed by atoms with Crippen molar-refractivity contribution in [3.05, 3.63) is 84.8 Å². The highest BCUT2D eigenvalue weighted by Gasteiger charge is 2.48. The Morgan fingerprint density at radius 2 is 1.70 bits per heavy atom. The van der Waals surface area contributed by atoms with Gasteiger partial charge in [-0.05, 0) is 74.1 Å². The zero-order valence-corrected chi connectivity index (χ0v) is 25.9. The van der Waals surface area contributed by atoms with Gasteiger partial charge in [0.2, 0.25) is 0 Å². The second-order valence-corrected chi connectivity index (χ2v) is 11.9. The van der Waals surface area contributed by atoms with Gasteiger partial charge < -0.3 is 30.7 Å². The molecule has 2 aliphatic heterocycles. The molecule has 1 saturated heterocycles. The maximum atomic E-state index is 14.0. The van der Waals surface area contributed by atoms with Crippen LogP contribution in [0.4, 0.5) is 0 Å². The van der Waals surface area contributed by atoms with Crippen LogP contribution in [-0.4, -0.2) is 40.4 Å². The zero-order valence-electron chi connectivity index (χ0n) is 25.9. The fraction of sp³-hybridized carbons (Fsp3) is 0.371. The van der Waals surface area contributed by atoms with Crippen molar-refractivity contribution in [1.82, 2.24) is 20.3 Å². The Morgan fingerprint density at radius 1 is 0.977 bits per heavy atom. The van der Waals surface area contributed by atoms with Crippen LogP contribution in [0.2, 0.25) is 0 Å². The molecule has 3 atom stereocenters. The Kier molecular flexibility index (Phi) is 7.21. The molecule has 6 N–H and O–H groups in total. The van der Waals surface area contributed by atoms with Gasteiger partial charge >= 0.3 is 5.97 Å². The molecule has 3 aliphatic rings. The summed E-state index contributed by atoms with van der Waals surface area (Å²) >= 11 is 0. The minimum Gasteiger partial charge on any atom is -0.468 e. The van der Waals surface area contributed by atoms with Crippen molar-refractivity contribution in [3.8, 4) is 0 Å². The first-order valence-electron chi connectivity index (χ1n) is 15.2. The predicted octanol–water partition coefficient (Wildman–Crippen LogP) is 4.10. The highest BCUT2D eigenvalue weighted by atomic mass is 16.5. The minimum absolute atomic E-state index is 0.00828. The van der Waals surface area contributed by atoms with Gasteiger partial charge in [-0.3, -0.25) is 9.59 Å². The minimum atomic E-state index is -1.04. The number of fused-ring (bicyclic) bond motifs is 7. The molecule has 6 rings (SSSR count). The Hall–Kier alpha value is -4.30. The normalized spacial score (nSPS) is 25.0. The zero-order chi connectivity index (χ0) is 30.7. The number of aromatic amines is 3. The third kappa shape index (κ3) is 4.22. The van der Waals surface area contributed by atoms with Crippen molar-refractivity contribution in [2.24, 2.45) is 23.5 Å². The number of carbonyl (C=O) groups excluding carboxylic acids is 2. The van der Waals surface area contributed by atoms with Crippen LogP contribution >= 0.6 is 0 Å². The molecule has 5 heterocycles. The van der Waals surface area contributed by atoms with Crippen molar-refractivity contribution >= 4 is 41.6 Å². The average Bonchev–Trinajstić information content (AvgIpc) is 3.73. The molecule has 224 valence electrons. The average molecular weight is 580 g/mol. The highest BCUT2D eigenvalue weighted by molar-refractivity contribution is 6.24. The fourth-order valence-electron chi connectivity index (χ4n) is 7.46. The molecule has 3 aromatic heterocycles. The van der Waals surface area contributed by atoms with E-state index in [0.717, 1.165) is 75.1 Å². The van der Waals surface area contributed by atoms with Gasteiger partial charge in [0.05, 0.1) is 12.8 Å². The molecule has 0 spiro atoms. The van der Waals surface area contributed by atoms with E-state index in [0.29, 0.717) is 23.4 Å². The number of ether oxygens (including phenoxy) is 1. The molecular weight excluding hydrogens is 538 g/mol. The number of esters is 1. The van der Waals surface area contributed by atoms with Crippen LogP contribution < -0.4 is 21.7 Å². The van der Waals surface area contributed by atoms with Crippen LogP contribution in [0.25, 0.3) is 29.9 Å². The molecule has 0 amide bonds. The Bertz CT molecular complexity index is 1880. The summed E-state index contributed by atoms with van der Waals surface area (Å²) in [6, 6.07) is 0. The van der Waals surface area contributed by atoms with E-state index in [2.05, 4.69) is 72.8 Å². The number of nitrogens with one attached hydrogen (secondary N) is 4. The molecule has 0 radical (unpaired) electrons. The lowest BCUT2D eigenvalue weighted by Gasteiger charge is -2.20. The Labute approximate surface area is 251 Å². The summed E-state index contributed by atoms with van der Waals surface area (Å²) in [5.41, 5.74) is 18.3. The summed E-state index contributed by atoms with van der Waals surface area (Å²) in [4.78, 5) is 38.2. The number of nitrogens with two attached hydrogens (primary N) is 1. The van der Waals surface area contributed by atoms with Gasteiger partial charge in [-0.1, -0.05) is 32.9 Å². The van der Waals surface area contributed by atoms with E-state index >= 15 is 0 Å². The standard InChI is InChI=1S/C35H41N5O3/c1-8-11-21-22(15-36)28-13-24-17(5)19(9-2)26(38-24)12-23-16(4)20(10-3)27(37-23)14-25-18(6)29-33(39-25)30(32(21)40-28)31(34(29)41)35(42)43-7/h9,12-14,21-22,31,37-40H,2,8,10-11,15,36H2,1,3-7H3/b23-12-,27-14-,28-13-,32-30-/t21-,22-,31+/m0/s1. The molecule has 8 bridgehead atoms. The van der Waals surface area contributed by atoms with Crippen molar-refractivity contribution in [1.29, 1.82) is 0 Å². The van der Waals surface area contributed by atoms with Gasteiger partial charge in [0.25, 0.3) is 0 Å². The molecule has 8 nitrogen and oxygen atoms in total. The van der Waals surface area contributed by atoms with Gasteiger partial charge in [-0.25, -0.2) is 0 Å². The molecule has 0 aromatic carbocycles. The first kappa shape index (κ1) is 28.8. The monoisotopic (exact) mass is 579 g/mol. The van der Waals surface area contributed by atoms with E-state index < -0.39 is 11.9 Å². The van der Waals surface area contributed by atoms with Crippen LogP contribution in [-0.2, 0) is 16.0 Å². The molecule has 8 heteroatoms. The quantitative estimate of drug-likeness (QED) is 0.222. The van der Waals surface area contributed by atoms with Crippen molar-refractivity contribution < 1.29 is 14.3 Å². The number of Topliss-reactive ketones (excluding diaryl/α,β-unsaturated/α-hetero) is 1. The summed E-state index contributed by atoms with van der Waals surface area (Å²) in [5.74, 6) is -1.83. The lowest BCUT2D eigenvalue weighted by atomic mass is 9.84. The Morgan fingerprint density at radius 3 is 2.35 bits per heavy atom. The van der Waals surface area contributed by atoms with Crippen LogP contribution in [0.1, 0.15) is 87.6 Å². The smallest absolute Gasteiger partial charge is 0.321 e. The van der Waals surface area contributed by atoms with Gasteiger partial charge in [-0.15, -0.1) is 0 Å².